The van der Waals surface area contributed by atoms with Crippen LogP contribution < -0.4 is 0 Å². The Morgan fingerprint density at radius 3 is 2.43 bits per heavy atom. The Morgan fingerprint density at radius 2 is 1.93 bits per heavy atom. The van der Waals surface area contributed by atoms with Crippen molar-refractivity contribution in [3.05, 3.63) is 0 Å². The minimum absolute atomic E-state index is 0.874. The normalized spacial score (nSPS) is 24.0. The van der Waals surface area contributed by atoms with Gasteiger partial charge in [-0.25, -0.2) is 0 Å². The summed E-state index contributed by atoms with van der Waals surface area (Å²) in [6, 6.07) is 0. The number of likely N-dealkylation sites (tertiary alicyclic amines) is 1. The second-order valence-electron chi connectivity index (χ2n) is 5.63. The molecule has 0 amide bonds. The van der Waals surface area contributed by atoms with Gasteiger partial charge in [0.25, 0.3) is 0 Å². The summed E-state index contributed by atoms with van der Waals surface area (Å²) in [5, 5.41) is 0. The summed E-state index contributed by atoms with van der Waals surface area (Å²) in [4.78, 5) is 2.66. The predicted octanol–water partition coefficient (Wildman–Crippen LogP) is 3.40. The summed E-state index contributed by atoms with van der Waals surface area (Å²) in [5.41, 5.74) is 0. The third-order valence-corrected chi connectivity index (χ3v) is 3.51. The van der Waals surface area contributed by atoms with Gasteiger partial charge < -0.3 is 4.90 Å². The van der Waals surface area contributed by atoms with Crippen LogP contribution in [0.2, 0.25) is 0 Å². The van der Waals surface area contributed by atoms with E-state index in [1.165, 1.54) is 38.9 Å². The topological polar surface area (TPSA) is 3.24 Å². The van der Waals surface area contributed by atoms with Crippen LogP contribution >= 0.6 is 0 Å². The summed E-state index contributed by atoms with van der Waals surface area (Å²) in [5.74, 6) is 2.72. The van der Waals surface area contributed by atoms with E-state index >= 15 is 0 Å². The fraction of sp³-hybridized carbons (Fsp3) is 1.00. The smallest absolute Gasteiger partial charge is 0.00126 e. The fourth-order valence-electron chi connectivity index (χ4n) is 2.33. The van der Waals surface area contributed by atoms with Crippen LogP contribution in [0.3, 0.4) is 0 Å². The molecule has 14 heavy (non-hydrogen) atoms. The van der Waals surface area contributed by atoms with Gasteiger partial charge in [-0.2, -0.15) is 0 Å². The summed E-state index contributed by atoms with van der Waals surface area (Å²) in [6.07, 6.45) is 4.21. The Hall–Kier alpha value is -0.0400. The van der Waals surface area contributed by atoms with Crippen LogP contribution in [0.4, 0.5) is 0 Å². The lowest BCUT2D eigenvalue weighted by Gasteiger charge is -2.18. The second-order valence-corrected chi connectivity index (χ2v) is 5.63. The largest absolute Gasteiger partial charge is 0.303 e. The summed E-state index contributed by atoms with van der Waals surface area (Å²) >= 11 is 0. The van der Waals surface area contributed by atoms with E-state index in [9.17, 15) is 0 Å². The molecule has 1 rings (SSSR count). The molecule has 1 atom stereocenters. The van der Waals surface area contributed by atoms with E-state index in [2.05, 4.69) is 32.6 Å². The molecule has 1 saturated heterocycles. The first kappa shape index (κ1) is 12.0. The lowest BCUT2D eigenvalue weighted by molar-refractivity contribution is 0.292. The molecule has 1 aliphatic rings. The van der Waals surface area contributed by atoms with Crippen LogP contribution in [0.5, 0.6) is 0 Å². The Labute approximate surface area is 89.9 Å². The summed E-state index contributed by atoms with van der Waals surface area (Å²) < 4.78 is 0. The zero-order chi connectivity index (χ0) is 10.6. The summed E-state index contributed by atoms with van der Waals surface area (Å²) in [6.45, 7) is 13.4. The fourth-order valence-corrected chi connectivity index (χ4v) is 2.33. The highest BCUT2D eigenvalue weighted by Crippen LogP contribution is 2.23. The minimum Gasteiger partial charge on any atom is -0.303 e. The van der Waals surface area contributed by atoms with Gasteiger partial charge in [0.15, 0.2) is 0 Å². The number of nitrogens with zero attached hydrogens (tertiary/aromatic N) is 1. The summed E-state index contributed by atoms with van der Waals surface area (Å²) in [7, 11) is 0. The third kappa shape index (κ3) is 4.00. The lowest BCUT2D eigenvalue weighted by atomic mass is 9.95. The van der Waals surface area contributed by atoms with Crippen molar-refractivity contribution in [2.75, 3.05) is 19.6 Å². The number of hydrogen-bond donors (Lipinski definition) is 0. The van der Waals surface area contributed by atoms with E-state index in [-0.39, 0.29) is 0 Å². The molecule has 1 heteroatoms. The molecule has 1 fully saturated rings. The van der Waals surface area contributed by atoms with Gasteiger partial charge in [-0.1, -0.05) is 27.7 Å². The molecular weight excluding hydrogens is 170 g/mol. The van der Waals surface area contributed by atoms with Gasteiger partial charge in [0.2, 0.25) is 0 Å². The molecule has 0 saturated carbocycles. The van der Waals surface area contributed by atoms with E-state index < -0.39 is 0 Å². The first-order valence-electron chi connectivity index (χ1n) is 6.32. The molecule has 0 bridgehead atoms. The maximum atomic E-state index is 2.66. The van der Waals surface area contributed by atoms with Crippen molar-refractivity contribution >= 4 is 0 Å². The van der Waals surface area contributed by atoms with Gasteiger partial charge in [-0.3, -0.25) is 0 Å². The molecule has 0 aromatic carbocycles. The van der Waals surface area contributed by atoms with Gasteiger partial charge in [0.1, 0.15) is 0 Å². The Morgan fingerprint density at radius 1 is 1.21 bits per heavy atom. The molecule has 1 aliphatic heterocycles. The average molecular weight is 197 g/mol. The van der Waals surface area contributed by atoms with Gasteiger partial charge >= 0.3 is 0 Å². The SMILES string of the molecule is CC(C)CCCN1CCC(C(C)C)C1. The highest BCUT2D eigenvalue weighted by molar-refractivity contribution is 4.77. The molecular formula is C13H27N. The molecule has 0 radical (unpaired) electrons. The van der Waals surface area contributed by atoms with Crippen molar-refractivity contribution in [3.8, 4) is 0 Å². The molecule has 0 aliphatic carbocycles. The van der Waals surface area contributed by atoms with Crippen LogP contribution in [-0.4, -0.2) is 24.5 Å². The zero-order valence-electron chi connectivity index (χ0n) is 10.4. The standard InChI is InChI=1S/C13H27N/c1-11(2)6-5-8-14-9-7-13(10-14)12(3)4/h11-13H,5-10H2,1-4H3. The van der Waals surface area contributed by atoms with Gasteiger partial charge in [0, 0.05) is 6.54 Å². The van der Waals surface area contributed by atoms with Crippen molar-refractivity contribution in [2.45, 2.75) is 47.0 Å². The predicted molar refractivity (Wildman–Crippen MR) is 63.5 cm³/mol. The Kier molecular flexibility index (Phi) is 4.94. The van der Waals surface area contributed by atoms with E-state index in [1.54, 1.807) is 0 Å². The van der Waals surface area contributed by atoms with Crippen molar-refractivity contribution in [1.29, 1.82) is 0 Å². The van der Waals surface area contributed by atoms with Crippen LogP contribution in [0, 0.1) is 17.8 Å². The van der Waals surface area contributed by atoms with Crippen LogP contribution in [0.15, 0.2) is 0 Å². The first-order valence-corrected chi connectivity index (χ1v) is 6.32. The van der Waals surface area contributed by atoms with Crippen molar-refractivity contribution in [1.82, 2.24) is 4.90 Å². The van der Waals surface area contributed by atoms with Crippen LogP contribution in [0.25, 0.3) is 0 Å². The molecule has 1 nitrogen and oxygen atoms in total. The molecule has 84 valence electrons. The molecule has 1 heterocycles. The number of hydrogen-bond acceptors (Lipinski definition) is 1. The molecule has 0 aromatic heterocycles. The van der Waals surface area contributed by atoms with Gasteiger partial charge in [0.05, 0.1) is 0 Å². The van der Waals surface area contributed by atoms with Crippen LogP contribution in [-0.2, 0) is 0 Å². The quantitative estimate of drug-likeness (QED) is 0.653. The van der Waals surface area contributed by atoms with Crippen molar-refractivity contribution < 1.29 is 0 Å². The molecule has 0 N–H and O–H groups in total. The highest BCUT2D eigenvalue weighted by Gasteiger charge is 2.23. The maximum absolute atomic E-state index is 2.66. The Balaban J connectivity index is 2.10. The van der Waals surface area contributed by atoms with E-state index in [0.29, 0.717) is 0 Å². The van der Waals surface area contributed by atoms with E-state index in [0.717, 1.165) is 17.8 Å². The zero-order valence-corrected chi connectivity index (χ0v) is 10.4. The second kappa shape index (κ2) is 5.75. The van der Waals surface area contributed by atoms with Crippen LogP contribution in [0.1, 0.15) is 47.0 Å². The van der Waals surface area contributed by atoms with Crippen molar-refractivity contribution in [3.63, 3.8) is 0 Å². The first-order chi connectivity index (χ1) is 6.59. The number of rotatable bonds is 5. The molecule has 0 aromatic rings. The average Bonchev–Trinajstić information content (AvgIpc) is 2.52. The third-order valence-electron chi connectivity index (χ3n) is 3.51. The molecule has 1 unspecified atom stereocenters. The Bertz CT molecular complexity index is 151. The van der Waals surface area contributed by atoms with Gasteiger partial charge in [-0.05, 0) is 50.1 Å². The van der Waals surface area contributed by atoms with Crippen molar-refractivity contribution in [2.24, 2.45) is 17.8 Å². The molecule has 0 spiro atoms. The minimum atomic E-state index is 0.874. The van der Waals surface area contributed by atoms with E-state index in [4.69, 9.17) is 0 Å². The van der Waals surface area contributed by atoms with E-state index in [1.807, 2.05) is 0 Å². The van der Waals surface area contributed by atoms with Gasteiger partial charge in [-0.15, -0.1) is 0 Å². The monoisotopic (exact) mass is 197 g/mol. The highest BCUT2D eigenvalue weighted by atomic mass is 15.1. The lowest BCUT2D eigenvalue weighted by Crippen LogP contribution is -2.23. The maximum Gasteiger partial charge on any atom is 0.00126 e.